The minimum absolute atomic E-state index is 0.0766. The molecule has 2 aromatic rings. The van der Waals surface area contributed by atoms with Crippen molar-refractivity contribution in [1.29, 1.82) is 0 Å². The Morgan fingerprint density at radius 1 is 1.25 bits per heavy atom. The third kappa shape index (κ3) is 4.37. The molecule has 0 bridgehead atoms. The molecule has 1 atom stereocenters. The second kappa shape index (κ2) is 8.19. The largest absolute Gasteiger partial charge is 0.322 e. The van der Waals surface area contributed by atoms with Crippen LogP contribution >= 0.6 is 11.6 Å². The molecule has 0 aromatic heterocycles. The van der Waals surface area contributed by atoms with Crippen molar-refractivity contribution in [2.24, 2.45) is 5.92 Å². The number of aryl methyl sites for hydroxylation is 1. The van der Waals surface area contributed by atoms with Gasteiger partial charge in [0, 0.05) is 24.3 Å². The molecule has 1 aliphatic heterocycles. The number of carbonyl (C=O) groups excluding carboxylic acids is 1. The van der Waals surface area contributed by atoms with Crippen LogP contribution in [0.3, 0.4) is 0 Å². The number of halogens is 2. The van der Waals surface area contributed by atoms with E-state index in [1.807, 2.05) is 6.92 Å². The monoisotopic (exact) mass is 424 g/mol. The van der Waals surface area contributed by atoms with Crippen molar-refractivity contribution in [3.8, 4) is 0 Å². The molecule has 0 aliphatic carbocycles. The van der Waals surface area contributed by atoms with Crippen LogP contribution in [-0.2, 0) is 10.0 Å². The maximum absolute atomic E-state index is 13.2. The van der Waals surface area contributed by atoms with E-state index in [1.165, 1.54) is 40.7 Å². The molecule has 0 radical (unpaired) electrons. The highest BCUT2D eigenvalue weighted by molar-refractivity contribution is 7.89. The minimum atomic E-state index is -3.80. The molecule has 28 heavy (non-hydrogen) atoms. The summed E-state index contributed by atoms with van der Waals surface area (Å²) in [6.07, 6.45) is 1.78. The Morgan fingerprint density at radius 3 is 2.68 bits per heavy atom. The maximum Gasteiger partial charge on any atom is 0.255 e. The van der Waals surface area contributed by atoms with Crippen molar-refractivity contribution in [2.75, 3.05) is 18.4 Å². The van der Waals surface area contributed by atoms with Gasteiger partial charge in [0.2, 0.25) is 10.0 Å². The Kier molecular flexibility index (Phi) is 6.07. The first-order valence-electron chi connectivity index (χ1n) is 9.05. The van der Waals surface area contributed by atoms with E-state index in [0.29, 0.717) is 24.3 Å². The van der Waals surface area contributed by atoms with Crippen molar-refractivity contribution in [3.05, 3.63) is 58.4 Å². The van der Waals surface area contributed by atoms with Crippen LogP contribution in [0.5, 0.6) is 0 Å². The third-order valence-electron chi connectivity index (χ3n) is 4.87. The smallest absolute Gasteiger partial charge is 0.255 e. The van der Waals surface area contributed by atoms with E-state index in [2.05, 4.69) is 5.32 Å². The highest BCUT2D eigenvalue weighted by atomic mass is 35.5. The van der Waals surface area contributed by atoms with Gasteiger partial charge in [0.1, 0.15) is 10.7 Å². The molecule has 1 N–H and O–H groups in total. The number of hydrogen-bond acceptors (Lipinski definition) is 3. The van der Waals surface area contributed by atoms with Crippen LogP contribution in [0.2, 0.25) is 5.02 Å². The number of nitrogens with one attached hydrogen (secondary N) is 1. The highest BCUT2D eigenvalue weighted by Gasteiger charge is 2.31. The van der Waals surface area contributed by atoms with E-state index in [4.69, 9.17) is 11.6 Å². The summed E-state index contributed by atoms with van der Waals surface area (Å²) in [4.78, 5) is 12.5. The molecule has 150 valence electrons. The number of anilines is 1. The van der Waals surface area contributed by atoms with Crippen molar-refractivity contribution < 1.29 is 17.6 Å². The Balaban J connectivity index is 1.89. The van der Waals surface area contributed by atoms with Gasteiger partial charge < -0.3 is 5.32 Å². The van der Waals surface area contributed by atoms with Gasteiger partial charge in [-0.15, -0.1) is 0 Å². The second-order valence-corrected chi connectivity index (χ2v) is 9.48. The average molecular weight is 425 g/mol. The molecule has 1 heterocycles. The predicted octanol–water partition coefficient (Wildman–Crippen LogP) is 4.46. The fourth-order valence-corrected chi connectivity index (χ4v) is 5.41. The number of sulfonamides is 1. The number of hydrogen-bond donors (Lipinski definition) is 1. The van der Waals surface area contributed by atoms with Crippen LogP contribution < -0.4 is 5.32 Å². The molecule has 1 fully saturated rings. The molecule has 1 aliphatic rings. The first kappa shape index (κ1) is 20.8. The van der Waals surface area contributed by atoms with E-state index in [9.17, 15) is 17.6 Å². The molecule has 0 saturated carbocycles. The summed E-state index contributed by atoms with van der Waals surface area (Å²) in [7, 11) is -3.80. The van der Waals surface area contributed by atoms with Crippen LogP contribution in [-0.4, -0.2) is 31.7 Å². The maximum atomic E-state index is 13.2. The summed E-state index contributed by atoms with van der Waals surface area (Å²) < 4.78 is 40.8. The Labute approximate surface area is 169 Å². The van der Waals surface area contributed by atoms with E-state index in [1.54, 1.807) is 6.92 Å². The first-order chi connectivity index (χ1) is 13.2. The summed E-state index contributed by atoms with van der Waals surface area (Å²) in [5.74, 6) is -0.615. The van der Waals surface area contributed by atoms with Crippen LogP contribution in [0, 0.1) is 18.7 Å². The summed E-state index contributed by atoms with van der Waals surface area (Å²) in [5, 5.41) is 2.76. The Bertz CT molecular complexity index is 1010. The molecule has 5 nitrogen and oxygen atoms in total. The Morgan fingerprint density at radius 2 is 2.00 bits per heavy atom. The number of carbonyl (C=O) groups is 1. The van der Waals surface area contributed by atoms with Gasteiger partial charge in [-0.05, 0) is 67.6 Å². The normalized spacial score (nSPS) is 18.1. The van der Waals surface area contributed by atoms with Crippen LogP contribution in [0.4, 0.5) is 10.1 Å². The molecule has 3 rings (SSSR count). The predicted molar refractivity (Wildman–Crippen MR) is 108 cm³/mol. The van der Waals surface area contributed by atoms with E-state index >= 15 is 0 Å². The van der Waals surface area contributed by atoms with Gasteiger partial charge in [-0.25, -0.2) is 12.8 Å². The van der Waals surface area contributed by atoms with Gasteiger partial charge >= 0.3 is 0 Å². The first-order valence-corrected chi connectivity index (χ1v) is 10.9. The molecule has 1 saturated heterocycles. The van der Waals surface area contributed by atoms with Crippen LogP contribution in [0.25, 0.3) is 0 Å². The standard InChI is InChI=1S/C20H22ClFN2O3S/c1-13-4-3-9-24(12-13)28(26,27)19-11-15(5-7-17(19)21)20(25)23-18-8-6-16(22)10-14(18)2/h5-8,10-11,13H,3-4,9,12H2,1-2H3,(H,23,25). The molecule has 0 spiro atoms. The van der Waals surface area contributed by atoms with Crippen molar-refractivity contribution in [3.63, 3.8) is 0 Å². The van der Waals surface area contributed by atoms with E-state index < -0.39 is 21.7 Å². The zero-order valence-corrected chi connectivity index (χ0v) is 17.3. The molecule has 1 amide bonds. The average Bonchev–Trinajstić information content (AvgIpc) is 2.64. The SMILES string of the molecule is Cc1cc(F)ccc1NC(=O)c1ccc(Cl)c(S(=O)(=O)N2CCCC(C)C2)c1. The molecular weight excluding hydrogens is 403 g/mol. The lowest BCUT2D eigenvalue weighted by Crippen LogP contribution is -2.39. The lowest BCUT2D eigenvalue weighted by Gasteiger charge is -2.30. The van der Waals surface area contributed by atoms with E-state index in [-0.39, 0.29) is 21.4 Å². The quantitative estimate of drug-likeness (QED) is 0.787. The fraction of sp³-hybridized carbons (Fsp3) is 0.350. The van der Waals surface area contributed by atoms with Gasteiger partial charge in [-0.1, -0.05) is 18.5 Å². The van der Waals surface area contributed by atoms with Gasteiger partial charge in [0.05, 0.1) is 5.02 Å². The van der Waals surface area contributed by atoms with Gasteiger partial charge in [-0.3, -0.25) is 4.79 Å². The Hall–Kier alpha value is -1.96. The summed E-state index contributed by atoms with van der Waals surface area (Å²) in [6.45, 7) is 4.56. The third-order valence-corrected chi connectivity index (χ3v) is 7.21. The number of benzene rings is 2. The van der Waals surface area contributed by atoms with Gasteiger partial charge in [-0.2, -0.15) is 4.31 Å². The van der Waals surface area contributed by atoms with Gasteiger partial charge in [0.15, 0.2) is 0 Å². The molecular formula is C20H22ClFN2O3S. The highest BCUT2D eigenvalue weighted by Crippen LogP contribution is 2.29. The fourth-order valence-electron chi connectivity index (χ4n) is 3.31. The topological polar surface area (TPSA) is 66.5 Å². The zero-order chi connectivity index (χ0) is 20.5. The second-order valence-electron chi connectivity index (χ2n) is 7.17. The minimum Gasteiger partial charge on any atom is -0.322 e. The number of piperidine rings is 1. The summed E-state index contributed by atoms with van der Waals surface area (Å²) in [5.41, 5.74) is 1.19. The number of rotatable bonds is 4. The van der Waals surface area contributed by atoms with Crippen molar-refractivity contribution >= 4 is 33.2 Å². The van der Waals surface area contributed by atoms with Crippen LogP contribution in [0.15, 0.2) is 41.3 Å². The van der Waals surface area contributed by atoms with Crippen molar-refractivity contribution in [1.82, 2.24) is 4.31 Å². The lowest BCUT2D eigenvalue weighted by atomic mass is 10.0. The van der Waals surface area contributed by atoms with E-state index in [0.717, 1.165) is 12.8 Å². The van der Waals surface area contributed by atoms with Crippen molar-refractivity contribution in [2.45, 2.75) is 31.6 Å². The molecule has 2 aromatic carbocycles. The van der Waals surface area contributed by atoms with Gasteiger partial charge in [0.25, 0.3) is 5.91 Å². The molecule has 1 unspecified atom stereocenters. The van der Waals surface area contributed by atoms with Crippen LogP contribution in [0.1, 0.15) is 35.7 Å². The summed E-state index contributed by atoms with van der Waals surface area (Å²) in [6, 6.07) is 8.20. The zero-order valence-electron chi connectivity index (χ0n) is 15.7. The number of nitrogens with zero attached hydrogens (tertiary/aromatic N) is 1. The summed E-state index contributed by atoms with van der Waals surface area (Å²) >= 11 is 6.16. The number of amides is 1. The molecule has 8 heteroatoms. The lowest BCUT2D eigenvalue weighted by molar-refractivity contribution is 0.102.